The molecule has 6 nitrogen and oxygen atoms in total. The summed E-state index contributed by atoms with van der Waals surface area (Å²) >= 11 is 0. The summed E-state index contributed by atoms with van der Waals surface area (Å²) in [5, 5.41) is 2.88. The molecule has 1 aliphatic heterocycles. The van der Waals surface area contributed by atoms with Gasteiger partial charge in [0.25, 0.3) is 5.91 Å². The number of anilines is 1. The standard InChI is InChI=1S/C32H35NO5/c1-19-9-6-7-12-22(19)33-27(36)18-37-21-11-8-10-20(13-21)28-29-23(34)14-31(2,3)16-25(29)38-26-17-32(4,5)15-24(35)30(26)28/h6-13,28H,14-18H2,1-5H3,(H,33,36). The number of para-hydroxylation sites is 1. The second-order valence-electron chi connectivity index (χ2n) is 12.3. The number of hydrogen-bond acceptors (Lipinski definition) is 5. The number of ether oxygens (including phenoxy) is 2. The van der Waals surface area contributed by atoms with Gasteiger partial charge in [-0.2, -0.15) is 0 Å². The predicted octanol–water partition coefficient (Wildman–Crippen LogP) is 6.41. The number of Topliss-reactive ketones (excluding diaryl/α,β-unsaturated/α-hetero) is 2. The van der Waals surface area contributed by atoms with E-state index in [-0.39, 0.29) is 34.9 Å². The van der Waals surface area contributed by atoms with Gasteiger partial charge in [-0.1, -0.05) is 58.0 Å². The molecule has 38 heavy (non-hydrogen) atoms. The summed E-state index contributed by atoms with van der Waals surface area (Å²) in [6.45, 7) is 10.1. The lowest BCUT2D eigenvalue weighted by Gasteiger charge is -2.42. The topological polar surface area (TPSA) is 81.7 Å². The van der Waals surface area contributed by atoms with Crippen LogP contribution in [-0.2, 0) is 19.1 Å². The van der Waals surface area contributed by atoms with E-state index in [2.05, 4.69) is 33.0 Å². The van der Waals surface area contributed by atoms with Crippen LogP contribution < -0.4 is 10.1 Å². The molecule has 198 valence electrons. The lowest BCUT2D eigenvalue weighted by atomic mass is 9.65. The largest absolute Gasteiger partial charge is 0.484 e. The molecule has 6 heteroatoms. The fourth-order valence-electron chi connectivity index (χ4n) is 5.84. The molecular weight excluding hydrogens is 478 g/mol. The Morgan fingerprint density at radius 1 is 0.895 bits per heavy atom. The molecule has 0 saturated heterocycles. The number of ketones is 2. The SMILES string of the molecule is Cc1ccccc1NC(=O)COc1cccc(C2C3=C(CC(C)(C)CC3=O)OC3=C2C(=O)CC(C)(C)C3)c1. The first kappa shape index (κ1) is 26.0. The third-order valence-electron chi connectivity index (χ3n) is 7.56. The van der Waals surface area contributed by atoms with Crippen molar-refractivity contribution in [1.82, 2.24) is 0 Å². The van der Waals surface area contributed by atoms with Crippen LogP contribution in [0, 0.1) is 17.8 Å². The van der Waals surface area contributed by atoms with Crippen molar-refractivity contribution >= 4 is 23.2 Å². The minimum Gasteiger partial charge on any atom is -0.484 e. The highest BCUT2D eigenvalue weighted by molar-refractivity contribution is 6.06. The van der Waals surface area contributed by atoms with Gasteiger partial charge >= 0.3 is 0 Å². The Labute approximate surface area is 224 Å². The summed E-state index contributed by atoms with van der Waals surface area (Å²) < 4.78 is 12.2. The summed E-state index contributed by atoms with van der Waals surface area (Å²) in [5.41, 5.74) is 3.27. The molecule has 3 aliphatic rings. The molecule has 0 radical (unpaired) electrons. The first-order valence-corrected chi connectivity index (χ1v) is 13.2. The first-order chi connectivity index (χ1) is 17.9. The van der Waals surface area contributed by atoms with E-state index in [0.717, 1.165) is 16.8 Å². The second-order valence-corrected chi connectivity index (χ2v) is 12.3. The number of nitrogens with one attached hydrogen (secondary N) is 1. The third-order valence-corrected chi connectivity index (χ3v) is 7.56. The molecule has 0 saturated carbocycles. The van der Waals surface area contributed by atoms with Gasteiger partial charge in [-0.15, -0.1) is 0 Å². The van der Waals surface area contributed by atoms with Gasteiger partial charge in [0, 0.05) is 48.4 Å². The Morgan fingerprint density at radius 2 is 1.50 bits per heavy atom. The molecule has 2 aliphatic carbocycles. The molecule has 2 aromatic rings. The van der Waals surface area contributed by atoms with Gasteiger partial charge in [0.05, 0.1) is 0 Å². The van der Waals surface area contributed by atoms with Crippen LogP contribution in [0.5, 0.6) is 5.75 Å². The fraction of sp³-hybridized carbons (Fsp3) is 0.406. The molecule has 0 fully saturated rings. The molecule has 0 spiro atoms. The molecular formula is C32H35NO5. The molecule has 1 heterocycles. The molecule has 1 amide bonds. The van der Waals surface area contributed by atoms with E-state index in [1.54, 1.807) is 6.07 Å². The normalized spacial score (nSPS) is 20.4. The monoisotopic (exact) mass is 513 g/mol. The van der Waals surface area contributed by atoms with Crippen molar-refractivity contribution in [3.05, 3.63) is 82.3 Å². The molecule has 1 N–H and O–H groups in total. The van der Waals surface area contributed by atoms with Crippen molar-refractivity contribution in [2.24, 2.45) is 10.8 Å². The van der Waals surface area contributed by atoms with Crippen LogP contribution in [0.4, 0.5) is 5.69 Å². The van der Waals surface area contributed by atoms with Gasteiger partial charge in [0.1, 0.15) is 17.3 Å². The van der Waals surface area contributed by atoms with Crippen molar-refractivity contribution in [3.63, 3.8) is 0 Å². The summed E-state index contributed by atoms with van der Waals surface area (Å²) in [6, 6.07) is 15.0. The third kappa shape index (κ3) is 5.17. The molecule has 2 aromatic carbocycles. The van der Waals surface area contributed by atoms with Crippen LogP contribution in [0.15, 0.2) is 71.2 Å². The van der Waals surface area contributed by atoms with E-state index in [1.807, 2.05) is 49.4 Å². The number of aryl methyl sites for hydroxylation is 1. The van der Waals surface area contributed by atoms with Gasteiger partial charge in [0.15, 0.2) is 18.2 Å². The maximum Gasteiger partial charge on any atom is 0.262 e. The summed E-state index contributed by atoms with van der Waals surface area (Å²) in [5.74, 6) is 1.16. The van der Waals surface area contributed by atoms with Gasteiger partial charge in [-0.05, 0) is 47.1 Å². The fourth-order valence-corrected chi connectivity index (χ4v) is 5.84. The van der Waals surface area contributed by atoms with Gasteiger partial charge in [-0.3, -0.25) is 14.4 Å². The molecule has 0 atom stereocenters. The number of hydrogen-bond donors (Lipinski definition) is 1. The lowest BCUT2D eigenvalue weighted by Crippen LogP contribution is -2.37. The molecule has 5 rings (SSSR count). The summed E-state index contributed by atoms with van der Waals surface area (Å²) in [7, 11) is 0. The van der Waals surface area contributed by atoms with E-state index in [9.17, 15) is 14.4 Å². The number of allylic oxidation sites excluding steroid dienone is 4. The number of carbonyl (C=O) groups is 3. The molecule has 0 aromatic heterocycles. The van der Waals surface area contributed by atoms with Crippen LogP contribution in [0.2, 0.25) is 0 Å². The van der Waals surface area contributed by atoms with Crippen molar-refractivity contribution in [2.45, 2.75) is 66.2 Å². The maximum atomic E-state index is 13.5. The van der Waals surface area contributed by atoms with E-state index in [1.165, 1.54) is 0 Å². The summed E-state index contributed by atoms with van der Waals surface area (Å²) in [6.07, 6.45) is 2.10. The highest BCUT2D eigenvalue weighted by Gasteiger charge is 2.47. The van der Waals surface area contributed by atoms with E-state index in [4.69, 9.17) is 9.47 Å². The summed E-state index contributed by atoms with van der Waals surface area (Å²) in [4.78, 5) is 39.5. The Bertz CT molecular complexity index is 1340. The zero-order valence-corrected chi connectivity index (χ0v) is 22.8. The Balaban J connectivity index is 1.45. The second kappa shape index (κ2) is 9.57. The van der Waals surface area contributed by atoms with Gasteiger partial charge in [0.2, 0.25) is 0 Å². The lowest BCUT2D eigenvalue weighted by molar-refractivity contribution is -0.120. The minimum absolute atomic E-state index is 0.0226. The number of amides is 1. The van der Waals surface area contributed by atoms with E-state index >= 15 is 0 Å². The molecule has 0 bridgehead atoms. The minimum atomic E-state index is -0.495. The van der Waals surface area contributed by atoms with E-state index < -0.39 is 5.92 Å². The van der Waals surface area contributed by atoms with Crippen molar-refractivity contribution in [3.8, 4) is 5.75 Å². The van der Waals surface area contributed by atoms with Gasteiger partial charge < -0.3 is 14.8 Å². The highest BCUT2D eigenvalue weighted by atomic mass is 16.5. The Kier molecular flexibility index (Phi) is 6.54. The first-order valence-electron chi connectivity index (χ1n) is 13.2. The average Bonchev–Trinajstić information content (AvgIpc) is 2.81. The number of benzene rings is 2. The maximum absolute atomic E-state index is 13.5. The molecule has 0 unspecified atom stereocenters. The van der Waals surface area contributed by atoms with Crippen molar-refractivity contribution in [1.29, 1.82) is 0 Å². The zero-order chi connectivity index (χ0) is 27.2. The van der Waals surface area contributed by atoms with Crippen LogP contribution in [-0.4, -0.2) is 24.1 Å². The Morgan fingerprint density at radius 3 is 2.11 bits per heavy atom. The average molecular weight is 514 g/mol. The van der Waals surface area contributed by atoms with Crippen LogP contribution in [0.1, 0.15) is 70.4 Å². The van der Waals surface area contributed by atoms with E-state index in [0.29, 0.717) is 54.1 Å². The van der Waals surface area contributed by atoms with Crippen LogP contribution in [0.3, 0.4) is 0 Å². The number of carbonyl (C=O) groups excluding carboxylic acids is 3. The number of rotatable bonds is 5. The van der Waals surface area contributed by atoms with Crippen molar-refractivity contribution in [2.75, 3.05) is 11.9 Å². The highest BCUT2D eigenvalue weighted by Crippen LogP contribution is 2.53. The van der Waals surface area contributed by atoms with Crippen LogP contribution in [0.25, 0.3) is 0 Å². The van der Waals surface area contributed by atoms with Crippen molar-refractivity contribution < 1.29 is 23.9 Å². The quantitative estimate of drug-likeness (QED) is 0.499. The zero-order valence-electron chi connectivity index (χ0n) is 22.8. The van der Waals surface area contributed by atoms with Crippen LogP contribution >= 0.6 is 0 Å². The Hall–Kier alpha value is -3.67. The predicted molar refractivity (Wildman–Crippen MR) is 146 cm³/mol. The smallest absolute Gasteiger partial charge is 0.262 e. The van der Waals surface area contributed by atoms with Gasteiger partial charge in [-0.25, -0.2) is 0 Å².